The lowest BCUT2D eigenvalue weighted by molar-refractivity contribution is 0.0691. The first-order valence-electron chi connectivity index (χ1n) is 7.99. The van der Waals surface area contributed by atoms with E-state index in [1.165, 1.54) is 12.8 Å². The van der Waals surface area contributed by atoms with Gasteiger partial charge in [0.15, 0.2) is 0 Å². The van der Waals surface area contributed by atoms with Crippen molar-refractivity contribution in [3.63, 3.8) is 0 Å². The average molecular weight is 366 g/mol. The fourth-order valence-electron chi connectivity index (χ4n) is 2.73. The Morgan fingerprint density at radius 1 is 1.32 bits per heavy atom. The van der Waals surface area contributed by atoms with Gasteiger partial charge in [0.05, 0.1) is 17.9 Å². The summed E-state index contributed by atoms with van der Waals surface area (Å²) in [6, 6.07) is 5.57. The number of carboxylic acid groups (broad SMARTS) is 1. The van der Waals surface area contributed by atoms with E-state index in [2.05, 4.69) is 4.98 Å². The highest BCUT2D eigenvalue weighted by atomic mass is 35.5. The van der Waals surface area contributed by atoms with Gasteiger partial charge in [-0.05, 0) is 43.9 Å². The number of nitrogens with zero attached hydrogens (tertiary/aromatic N) is 1. The third kappa shape index (κ3) is 4.39. The van der Waals surface area contributed by atoms with Gasteiger partial charge >= 0.3 is 5.97 Å². The molecule has 2 aromatic rings. The summed E-state index contributed by atoms with van der Waals surface area (Å²) in [6.45, 7) is -0.0223. The zero-order chi connectivity index (χ0) is 17.8. The van der Waals surface area contributed by atoms with E-state index in [4.69, 9.17) is 26.2 Å². The Morgan fingerprint density at radius 2 is 2.08 bits per heavy atom. The predicted octanol–water partition coefficient (Wildman–Crippen LogP) is 4.47. The highest BCUT2D eigenvalue weighted by Crippen LogP contribution is 2.25. The maximum absolute atomic E-state index is 13.7. The number of carbonyl (C=O) groups is 1. The second-order valence-corrected chi connectivity index (χ2v) is 6.28. The zero-order valence-corrected chi connectivity index (χ0v) is 14.1. The van der Waals surface area contributed by atoms with Crippen LogP contribution < -0.4 is 9.47 Å². The van der Waals surface area contributed by atoms with Crippen LogP contribution in [0.2, 0.25) is 5.02 Å². The third-order valence-electron chi connectivity index (χ3n) is 4.06. The van der Waals surface area contributed by atoms with Crippen LogP contribution in [0.5, 0.6) is 11.6 Å². The van der Waals surface area contributed by atoms with Gasteiger partial charge in [0.1, 0.15) is 18.2 Å². The quantitative estimate of drug-likeness (QED) is 0.817. The maximum atomic E-state index is 13.7. The number of aromatic carboxylic acids is 1. The Balaban J connectivity index is 1.61. The summed E-state index contributed by atoms with van der Waals surface area (Å²) in [5, 5.41) is 8.99. The topological polar surface area (TPSA) is 68.7 Å². The summed E-state index contributed by atoms with van der Waals surface area (Å²) in [5.41, 5.74) is -0.127. The van der Waals surface area contributed by atoms with Crippen molar-refractivity contribution < 1.29 is 23.8 Å². The van der Waals surface area contributed by atoms with Crippen molar-refractivity contribution >= 4 is 17.6 Å². The minimum atomic E-state index is -1.37. The first kappa shape index (κ1) is 17.5. The van der Waals surface area contributed by atoms with Crippen molar-refractivity contribution in [3.8, 4) is 11.6 Å². The first-order chi connectivity index (χ1) is 12.0. The van der Waals surface area contributed by atoms with Crippen LogP contribution in [0.15, 0.2) is 30.5 Å². The van der Waals surface area contributed by atoms with Gasteiger partial charge in [-0.2, -0.15) is 0 Å². The second kappa shape index (κ2) is 7.70. The summed E-state index contributed by atoms with van der Waals surface area (Å²) in [5.74, 6) is -1.19. The molecule has 0 spiro atoms. The van der Waals surface area contributed by atoms with Crippen LogP contribution in [0.1, 0.15) is 41.6 Å². The summed E-state index contributed by atoms with van der Waals surface area (Å²) < 4.78 is 25.0. The molecule has 0 amide bonds. The number of hydrogen-bond acceptors (Lipinski definition) is 4. The molecule has 0 saturated heterocycles. The first-order valence-corrected chi connectivity index (χ1v) is 8.37. The SMILES string of the molecule is O=C(O)c1cc(Cl)c(COc2ccc(OC3CCCC3)cn2)cc1F. The summed E-state index contributed by atoms with van der Waals surface area (Å²) >= 11 is 5.98. The molecule has 7 heteroatoms. The number of halogens is 2. The number of ether oxygens (including phenoxy) is 2. The lowest BCUT2D eigenvalue weighted by Crippen LogP contribution is -2.11. The Kier molecular flexibility index (Phi) is 5.38. The zero-order valence-electron chi connectivity index (χ0n) is 13.4. The molecule has 0 radical (unpaired) electrons. The van der Waals surface area contributed by atoms with Crippen molar-refractivity contribution in [2.75, 3.05) is 0 Å². The van der Waals surface area contributed by atoms with Gasteiger partial charge in [0.2, 0.25) is 5.88 Å². The van der Waals surface area contributed by atoms with E-state index in [9.17, 15) is 9.18 Å². The van der Waals surface area contributed by atoms with E-state index in [0.717, 1.165) is 25.0 Å². The van der Waals surface area contributed by atoms with Gasteiger partial charge < -0.3 is 14.6 Å². The molecule has 132 valence electrons. The summed E-state index contributed by atoms with van der Waals surface area (Å²) in [7, 11) is 0. The monoisotopic (exact) mass is 365 g/mol. The molecular formula is C18H17ClFNO4. The molecular weight excluding hydrogens is 349 g/mol. The van der Waals surface area contributed by atoms with E-state index in [-0.39, 0.29) is 17.7 Å². The highest BCUT2D eigenvalue weighted by molar-refractivity contribution is 6.31. The van der Waals surface area contributed by atoms with Crippen LogP contribution in [-0.2, 0) is 6.61 Å². The fraction of sp³-hybridized carbons (Fsp3) is 0.333. The molecule has 3 rings (SSSR count). The van der Waals surface area contributed by atoms with Crippen LogP contribution in [0.25, 0.3) is 0 Å². The molecule has 1 aromatic heterocycles. The fourth-order valence-corrected chi connectivity index (χ4v) is 2.95. The molecule has 1 fully saturated rings. The van der Waals surface area contributed by atoms with Crippen molar-refractivity contribution in [2.24, 2.45) is 0 Å². The Hall–Kier alpha value is -2.34. The molecule has 1 saturated carbocycles. The number of hydrogen-bond donors (Lipinski definition) is 1. The van der Waals surface area contributed by atoms with Crippen molar-refractivity contribution in [3.05, 3.63) is 52.4 Å². The molecule has 0 aliphatic heterocycles. The van der Waals surface area contributed by atoms with Gasteiger partial charge in [-0.25, -0.2) is 14.2 Å². The minimum Gasteiger partial charge on any atom is -0.489 e. The highest BCUT2D eigenvalue weighted by Gasteiger charge is 2.17. The molecule has 1 aliphatic carbocycles. The standard InChI is InChI=1S/C18H17ClFNO4/c19-15-8-14(18(22)23)16(20)7-11(15)10-24-17-6-5-13(9-21-17)25-12-3-1-2-4-12/h5-9,12H,1-4,10H2,(H,22,23). The Morgan fingerprint density at radius 3 is 2.72 bits per heavy atom. The Bertz CT molecular complexity index is 760. The van der Waals surface area contributed by atoms with Gasteiger partial charge in [-0.15, -0.1) is 0 Å². The molecule has 0 atom stereocenters. The lowest BCUT2D eigenvalue weighted by Gasteiger charge is -2.13. The molecule has 1 aliphatic rings. The number of benzene rings is 1. The molecule has 5 nitrogen and oxygen atoms in total. The van der Waals surface area contributed by atoms with Crippen LogP contribution >= 0.6 is 11.6 Å². The summed E-state index contributed by atoms with van der Waals surface area (Å²) in [6.07, 6.45) is 6.35. The molecule has 25 heavy (non-hydrogen) atoms. The van der Waals surface area contributed by atoms with Gasteiger partial charge in [0, 0.05) is 16.7 Å². The second-order valence-electron chi connectivity index (χ2n) is 5.87. The predicted molar refractivity (Wildman–Crippen MR) is 89.8 cm³/mol. The number of carboxylic acids is 1. The van der Waals surface area contributed by atoms with Gasteiger partial charge in [-0.1, -0.05) is 11.6 Å². The van der Waals surface area contributed by atoms with Crippen molar-refractivity contribution in [1.29, 1.82) is 0 Å². The van der Waals surface area contributed by atoms with Crippen molar-refractivity contribution in [2.45, 2.75) is 38.4 Å². The van der Waals surface area contributed by atoms with Crippen molar-refractivity contribution in [1.82, 2.24) is 4.98 Å². The Labute approximate surface area is 149 Å². The van der Waals surface area contributed by atoms with E-state index in [0.29, 0.717) is 17.2 Å². The third-order valence-corrected chi connectivity index (χ3v) is 4.41. The van der Waals surface area contributed by atoms with Gasteiger partial charge in [0.25, 0.3) is 0 Å². The van der Waals surface area contributed by atoms with E-state index < -0.39 is 17.3 Å². The molecule has 1 heterocycles. The average Bonchev–Trinajstić information content (AvgIpc) is 3.09. The van der Waals surface area contributed by atoms with Crippen LogP contribution in [0.3, 0.4) is 0 Å². The molecule has 0 bridgehead atoms. The molecule has 1 aromatic carbocycles. The van der Waals surface area contributed by atoms with E-state index in [1.807, 2.05) is 0 Å². The van der Waals surface area contributed by atoms with E-state index in [1.54, 1.807) is 18.3 Å². The largest absolute Gasteiger partial charge is 0.489 e. The number of rotatable bonds is 6. The van der Waals surface area contributed by atoms with Crippen LogP contribution in [-0.4, -0.2) is 22.2 Å². The van der Waals surface area contributed by atoms with E-state index >= 15 is 0 Å². The van der Waals surface area contributed by atoms with Gasteiger partial charge in [-0.3, -0.25) is 0 Å². The maximum Gasteiger partial charge on any atom is 0.338 e. The molecule has 1 N–H and O–H groups in total. The van der Waals surface area contributed by atoms with Crippen LogP contribution in [0, 0.1) is 5.82 Å². The summed E-state index contributed by atoms with van der Waals surface area (Å²) in [4.78, 5) is 15.0. The smallest absolute Gasteiger partial charge is 0.338 e. The van der Waals surface area contributed by atoms with Crippen LogP contribution in [0.4, 0.5) is 4.39 Å². The normalized spacial score (nSPS) is 14.5. The molecule has 0 unspecified atom stereocenters. The number of pyridine rings is 1. The number of aromatic nitrogens is 1. The lowest BCUT2D eigenvalue weighted by atomic mass is 10.1. The minimum absolute atomic E-state index is 0.0223.